The van der Waals surface area contributed by atoms with Crippen molar-refractivity contribution in [2.24, 2.45) is 0 Å². The first kappa shape index (κ1) is 14.9. The van der Waals surface area contributed by atoms with Gasteiger partial charge in [0.05, 0.1) is 23.1 Å². The molecule has 1 aliphatic rings. The summed E-state index contributed by atoms with van der Waals surface area (Å²) in [7, 11) is 0. The van der Waals surface area contributed by atoms with E-state index in [1.807, 2.05) is 0 Å². The molecule has 0 atom stereocenters. The van der Waals surface area contributed by atoms with E-state index >= 15 is 0 Å². The van der Waals surface area contributed by atoms with Crippen LogP contribution >= 0.6 is 0 Å². The third-order valence-corrected chi connectivity index (χ3v) is 3.83. The van der Waals surface area contributed by atoms with Gasteiger partial charge in [0.2, 0.25) is 5.76 Å². The van der Waals surface area contributed by atoms with Crippen molar-refractivity contribution in [1.29, 1.82) is 0 Å². The first-order chi connectivity index (χ1) is 12.2. The van der Waals surface area contributed by atoms with Crippen LogP contribution in [0.2, 0.25) is 0 Å². The maximum absolute atomic E-state index is 12.6. The molecule has 6 heteroatoms. The molecule has 2 heterocycles. The Kier molecular flexibility index (Phi) is 3.43. The van der Waals surface area contributed by atoms with Crippen LogP contribution < -0.4 is 9.64 Å². The molecule has 3 aromatic rings. The van der Waals surface area contributed by atoms with E-state index in [0.29, 0.717) is 11.1 Å². The monoisotopic (exact) mass is 333 g/mol. The SMILES string of the molecule is O=C(Oc1ccccc1N1C(=O)c2ccccc2C1=O)c1ccco1. The number of ether oxygens (including phenoxy) is 1. The predicted molar refractivity (Wildman–Crippen MR) is 87.7 cm³/mol. The van der Waals surface area contributed by atoms with Crippen LogP contribution in [-0.4, -0.2) is 17.8 Å². The summed E-state index contributed by atoms with van der Waals surface area (Å²) in [6, 6.07) is 16.0. The maximum Gasteiger partial charge on any atom is 0.379 e. The molecule has 0 aliphatic carbocycles. The number of rotatable bonds is 3. The predicted octanol–water partition coefficient (Wildman–Crippen LogP) is 3.30. The Morgan fingerprint density at radius 1 is 0.840 bits per heavy atom. The van der Waals surface area contributed by atoms with Gasteiger partial charge in [-0.1, -0.05) is 24.3 Å². The van der Waals surface area contributed by atoms with Crippen molar-refractivity contribution in [1.82, 2.24) is 0 Å². The molecule has 0 N–H and O–H groups in total. The molecular weight excluding hydrogens is 322 g/mol. The normalized spacial score (nSPS) is 13.0. The number of hydrogen-bond acceptors (Lipinski definition) is 5. The van der Waals surface area contributed by atoms with Crippen LogP contribution in [0.5, 0.6) is 5.75 Å². The van der Waals surface area contributed by atoms with E-state index in [-0.39, 0.29) is 17.2 Å². The summed E-state index contributed by atoms with van der Waals surface area (Å²) in [6.45, 7) is 0. The second-order valence-electron chi connectivity index (χ2n) is 5.33. The van der Waals surface area contributed by atoms with Crippen molar-refractivity contribution in [3.05, 3.63) is 83.8 Å². The van der Waals surface area contributed by atoms with Gasteiger partial charge in [-0.2, -0.15) is 0 Å². The molecule has 0 fully saturated rings. The lowest BCUT2D eigenvalue weighted by molar-refractivity contribution is 0.0699. The van der Waals surface area contributed by atoms with E-state index in [1.165, 1.54) is 18.4 Å². The zero-order chi connectivity index (χ0) is 17.4. The van der Waals surface area contributed by atoms with Gasteiger partial charge in [0.15, 0.2) is 5.75 Å². The fraction of sp³-hybridized carbons (Fsp3) is 0. The molecule has 122 valence electrons. The van der Waals surface area contributed by atoms with Crippen LogP contribution in [0.4, 0.5) is 5.69 Å². The minimum Gasteiger partial charge on any atom is -0.457 e. The van der Waals surface area contributed by atoms with Crippen LogP contribution in [0.15, 0.2) is 71.3 Å². The van der Waals surface area contributed by atoms with E-state index < -0.39 is 17.8 Å². The Hall–Kier alpha value is -3.67. The number of amides is 2. The minimum atomic E-state index is -0.714. The average molecular weight is 333 g/mol. The molecule has 0 unspecified atom stereocenters. The molecule has 1 aromatic heterocycles. The molecule has 6 nitrogen and oxygen atoms in total. The Morgan fingerprint density at radius 3 is 2.12 bits per heavy atom. The van der Waals surface area contributed by atoms with Gasteiger partial charge in [0.1, 0.15) is 0 Å². The largest absolute Gasteiger partial charge is 0.457 e. The fourth-order valence-corrected chi connectivity index (χ4v) is 2.68. The topological polar surface area (TPSA) is 76.8 Å². The standard InChI is InChI=1S/C19H11NO5/c21-17-12-6-1-2-7-13(12)18(22)20(17)14-8-3-4-9-15(14)25-19(23)16-10-5-11-24-16/h1-11H. The summed E-state index contributed by atoms with van der Waals surface area (Å²) in [6.07, 6.45) is 1.35. The second kappa shape index (κ2) is 5.76. The molecule has 0 saturated carbocycles. The highest BCUT2D eigenvalue weighted by Crippen LogP contribution is 2.35. The quantitative estimate of drug-likeness (QED) is 0.417. The molecule has 0 bridgehead atoms. The zero-order valence-electron chi connectivity index (χ0n) is 12.8. The van der Waals surface area contributed by atoms with Crippen LogP contribution in [0.1, 0.15) is 31.3 Å². The summed E-state index contributed by atoms with van der Waals surface area (Å²) >= 11 is 0. The first-order valence-corrected chi connectivity index (χ1v) is 7.49. The highest BCUT2D eigenvalue weighted by Gasteiger charge is 2.37. The minimum absolute atomic E-state index is 0.0252. The number of hydrogen-bond donors (Lipinski definition) is 0. The highest BCUT2D eigenvalue weighted by atomic mass is 16.5. The van der Waals surface area contributed by atoms with Gasteiger partial charge in [-0.05, 0) is 36.4 Å². The summed E-state index contributed by atoms with van der Waals surface area (Å²) in [4.78, 5) is 38.4. The van der Waals surface area contributed by atoms with Crippen molar-refractivity contribution >= 4 is 23.5 Å². The smallest absolute Gasteiger partial charge is 0.379 e. The molecular formula is C19H11NO5. The van der Waals surface area contributed by atoms with Crippen molar-refractivity contribution < 1.29 is 23.5 Å². The van der Waals surface area contributed by atoms with Crippen molar-refractivity contribution in [2.45, 2.75) is 0 Å². The number of anilines is 1. The third kappa shape index (κ3) is 2.40. The molecule has 1 aliphatic heterocycles. The fourth-order valence-electron chi connectivity index (χ4n) is 2.68. The van der Waals surface area contributed by atoms with Gasteiger partial charge in [-0.25, -0.2) is 9.69 Å². The van der Waals surface area contributed by atoms with Crippen LogP contribution in [0, 0.1) is 0 Å². The lowest BCUT2D eigenvalue weighted by Gasteiger charge is -2.17. The number of para-hydroxylation sites is 2. The number of imide groups is 1. The van der Waals surface area contributed by atoms with Gasteiger partial charge < -0.3 is 9.15 Å². The molecule has 0 spiro atoms. The van der Waals surface area contributed by atoms with Crippen LogP contribution in [-0.2, 0) is 0 Å². The highest BCUT2D eigenvalue weighted by molar-refractivity contribution is 6.34. The van der Waals surface area contributed by atoms with Gasteiger partial charge in [0.25, 0.3) is 11.8 Å². The van der Waals surface area contributed by atoms with Crippen LogP contribution in [0.3, 0.4) is 0 Å². The molecule has 0 radical (unpaired) electrons. The Labute approximate surface area is 142 Å². The average Bonchev–Trinajstić information content (AvgIpc) is 3.25. The van der Waals surface area contributed by atoms with E-state index in [1.54, 1.807) is 48.5 Å². The lowest BCUT2D eigenvalue weighted by atomic mass is 10.1. The van der Waals surface area contributed by atoms with Crippen molar-refractivity contribution in [3.63, 3.8) is 0 Å². The molecule has 0 saturated heterocycles. The maximum atomic E-state index is 12.6. The van der Waals surface area contributed by atoms with Crippen LogP contribution in [0.25, 0.3) is 0 Å². The van der Waals surface area contributed by atoms with Gasteiger partial charge >= 0.3 is 5.97 Å². The summed E-state index contributed by atoms with van der Waals surface area (Å²) in [5.74, 6) is -1.51. The van der Waals surface area contributed by atoms with E-state index in [4.69, 9.17) is 9.15 Å². The lowest BCUT2D eigenvalue weighted by Crippen LogP contribution is -2.30. The van der Waals surface area contributed by atoms with Crippen molar-refractivity contribution in [3.8, 4) is 5.75 Å². The molecule has 2 amide bonds. The number of nitrogens with zero attached hydrogens (tertiary/aromatic N) is 1. The first-order valence-electron chi connectivity index (χ1n) is 7.49. The van der Waals surface area contributed by atoms with Gasteiger partial charge in [-0.15, -0.1) is 0 Å². The molecule has 4 rings (SSSR count). The molecule has 25 heavy (non-hydrogen) atoms. The summed E-state index contributed by atoms with van der Waals surface area (Å²) < 4.78 is 10.3. The number of furan rings is 1. The number of carbonyl (C=O) groups is 3. The summed E-state index contributed by atoms with van der Waals surface area (Å²) in [5.41, 5.74) is 0.841. The number of benzene rings is 2. The van der Waals surface area contributed by atoms with Crippen molar-refractivity contribution in [2.75, 3.05) is 4.90 Å². The molecule has 2 aromatic carbocycles. The Morgan fingerprint density at radius 2 is 1.48 bits per heavy atom. The Bertz CT molecular complexity index is 956. The van der Waals surface area contributed by atoms with E-state index in [2.05, 4.69) is 0 Å². The van der Waals surface area contributed by atoms with E-state index in [0.717, 1.165) is 4.90 Å². The summed E-state index contributed by atoms with van der Waals surface area (Å²) in [5, 5.41) is 0. The number of esters is 1. The van der Waals surface area contributed by atoms with Gasteiger partial charge in [0, 0.05) is 0 Å². The van der Waals surface area contributed by atoms with Gasteiger partial charge in [-0.3, -0.25) is 9.59 Å². The number of fused-ring (bicyclic) bond motifs is 1. The third-order valence-electron chi connectivity index (χ3n) is 3.83. The number of carbonyl (C=O) groups excluding carboxylic acids is 3. The second-order valence-corrected chi connectivity index (χ2v) is 5.33. The Balaban J connectivity index is 1.72. The van der Waals surface area contributed by atoms with E-state index in [9.17, 15) is 14.4 Å². The zero-order valence-corrected chi connectivity index (χ0v) is 12.8.